The van der Waals surface area contributed by atoms with Crippen LogP contribution in [0, 0.1) is 0 Å². The molecule has 3 nitrogen and oxygen atoms in total. The molecule has 3 rings (SSSR count). The molecule has 0 aromatic rings. The van der Waals surface area contributed by atoms with Crippen LogP contribution in [0.4, 0.5) is 0 Å². The van der Waals surface area contributed by atoms with Crippen molar-refractivity contribution in [2.24, 2.45) is 0 Å². The zero-order valence-corrected chi connectivity index (χ0v) is 14.5. The van der Waals surface area contributed by atoms with Crippen LogP contribution in [0.2, 0.25) is 0 Å². The third kappa shape index (κ3) is 2.23. The molecule has 3 aliphatic rings. The third-order valence-electron chi connectivity index (χ3n) is 5.21. The zero-order valence-electron chi connectivity index (χ0n) is 12.5. The van der Waals surface area contributed by atoms with E-state index in [1.807, 2.05) is 0 Å². The molecule has 0 saturated carbocycles. The van der Waals surface area contributed by atoms with Crippen molar-refractivity contribution in [3.05, 3.63) is 11.8 Å². The molecule has 3 fully saturated rings. The Kier molecular flexibility index (Phi) is 4.13. The van der Waals surface area contributed by atoms with Crippen LogP contribution in [0.15, 0.2) is 11.8 Å². The summed E-state index contributed by atoms with van der Waals surface area (Å²) in [5, 5.41) is 1.48. The fraction of sp³-hybridized carbons (Fsp3) is 0.867. The van der Waals surface area contributed by atoms with Crippen LogP contribution in [-0.4, -0.2) is 70.0 Å². The fourth-order valence-corrected chi connectivity index (χ4v) is 5.45. The molecule has 0 amide bonds. The molecule has 108 valence electrons. The molecule has 3 heterocycles. The van der Waals surface area contributed by atoms with Crippen LogP contribution >= 0.6 is 0 Å². The molecular weight excluding hydrogens is 250 g/mol. The molecule has 0 bridgehead atoms. The van der Waals surface area contributed by atoms with Crippen LogP contribution in [0.25, 0.3) is 0 Å². The Morgan fingerprint density at radius 1 is 0.684 bits per heavy atom. The summed E-state index contributed by atoms with van der Waals surface area (Å²) in [6, 6.07) is 0. The highest BCUT2D eigenvalue weighted by atomic mass is 28.1. The first-order valence-corrected chi connectivity index (χ1v) is 9.17. The Morgan fingerprint density at radius 2 is 0.947 bits per heavy atom. The largest absolute Gasteiger partial charge is 0.270 e. The zero-order chi connectivity index (χ0) is 13.3. The van der Waals surface area contributed by atoms with Gasteiger partial charge in [0, 0.05) is 49.5 Å². The van der Waals surface area contributed by atoms with Crippen LogP contribution in [-0.2, 0) is 0 Å². The normalized spacial score (nSPS) is 27.6. The topological polar surface area (TPSA) is 9.72 Å². The van der Waals surface area contributed by atoms with Crippen molar-refractivity contribution in [3.63, 3.8) is 0 Å². The van der Waals surface area contributed by atoms with Gasteiger partial charge in [0.1, 0.15) is 5.79 Å². The third-order valence-corrected chi connectivity index (χ3v) is 5.88. The minimum absolute atomic E-state index is 0.107. The molecule has 0 aromatic heterocycles. The lowest BCUT2D eigenvalue weighted by Crippen LogP contribution is -2.69. The molecule has 4 heteroatoms. The smallest absolute Gasteiger partial charge is 0.149 e. The van der Waals surface area contributed by atoms with Gasteiger partial charge in [-0.25, -0.2) is 0 Å². The molecule has 19 heavy (non-hydrogen) atoms. The Bertz CT molecular complexity index is 285. The van der Waals surface area contributed by atoms with E-state index in [0.717, 1.165) is 10.2 Å². The van der Waals surface area contributed by atoms with Gasteiger partial charge in [0.15, 0.2) is 0 Å². The van der Waals surface area contributed by atoms with Gasteiger partial charge in [0.05, 0.1) is 0 Å². The molecule has 0 atom stereocenters. The van der Waals surface area contributed by atoms with Gasteiger partial charge in [-0.15, -0.1) is 6.58 Å². The monoisotopic (exact) mass is 279 g/mol. The Hall–Kier alpha value is -0.163. The Balaban J connectivity index is 1.96. The summed E-state index contributed by atoms with van der Waals surface area (Å²) in [5.41, 5.74) is 0. The highest BCUT2D eigenvalue weighted by molar-refractivity contribution is 6.22. The van der Waals surface area contributed by atoms with Crippen molar-refractivity contribution in [2.45, 2.75) is 44.3 Å². The molecule has 3 saturated heterocycles. The number of rotatable bonds is 4. The summed E-state index contributed by atoms with van der Waals surface area (Å²) in [6.45, 7) is 12.1. The Labute approximate surface area is 121 Å². The van der Waals surface area contributed by atoms with Gasteiger partial charge in [-0.1, -0.05) is 5.20 Å². The fourth-order valence-electron chi connectivity index (χ4n) is 4.50. The average Bonchev–Trinajstić information content (AvgIpc) is 3.15. The molecule has 0 radical (unpaired) electrons. The summed E-state index contributed by atoms with van der Waals surface area (Å²) in [4.78, 5) is 8.29. The maximum absolute atomic E-state index is 4.50. The van der Waals surface area contributed by atoms with E-state index in [1.165, 1.54) is 83.0 Å². The summed E-state index contributed by atoms with van der Waals surface area (Å²) in [6.07, 6.45) is 8.24. The van der Waals surface area contributed by atoms with Gasteiger partial charge in [0.25, 0.3) is 0 Å². The standard InChI is InChI=1S/C15H29N3Si/c1-14(19)15(16-8-2-3-9-16,17-10-4-5-11-17)18-12-6-7-13-18/h1-13H2,19H3. The second-order valence-electron chi connectivity index (χ2n) is 6.50. The molecular formula is C15H29N3Si. The highest BCUT2D eigenvalue weighted by Crippen LogP contribution is 2.38. The Morgan fingerprint density at radius 3 is 1.16 bits per heavy atom. The molecule has 0 aliphatic carbocycles. The SMILES string of the molecule is C=C([SiH3])C(N1CCCC1)(N1CCCC1)N1CCCC1. The van der Waals surface area contributed by atoms with E-state index < -0.39 is 0 Å². The van der Waals surface area contributed by atoms with Crippen molar-refractivity contribution in [3.8, 4) is 0 Å². The summed E-state index contributed by atoms with van der Waals surface area (Å²) >= 11 is 0. The predicted octanol–water partition coefficient (Wildman–Crippen LogP) is 0.807. The van der Waals surface area contributed by atoms with Crippen molar-refractivity contribution in [1.29, 1.82) is 0 Å². The van der Waals surface area contributed by atoms with Crippen LogP contribution in [0.5, 0.6) is 0 Å². The number of nitrogens with zero attached hydrogens (tertiary/aromatic N) is 3. The maximum atomic E-state index is 4.50. The van der Waals surface area contributed by atoms with Gasteiger partial charge in [-0.2, -0.15) is 0 Å². The van der Waals surface area contributed by atoms with Gasteiger partial charge < -0.3 is 0 Å². The molecule has 0 N–H and O–H groups in total. The number of likely N-dealkylation sites (tertiary alicyclic amines) is 3. The summed E-state index contributed by atoms with van der Waals surface area (Å²) < 4.78 is 0. The predicted molar refractivity (Wildman–Crippen MR) is 84.2 cm³/mol. The minimum atomic E-state index is 0.107. The van der Waals surface area contributed by atoms with E-state index in [1.54, 1.807) is 0 Å². The van der Waals surface area contributed by atoms with Crippen molar-refractivity contribution in [2.75, 3.05) is 39.3 Å². The van der Waals surface area contributed by atoms with Gasteiger partial charge in [-0.3, -0.25) is 14.7 Å². The molecule has 0 unspecified atom stereocenters. The second kappa shape index (κ2) is 5.68. The van der Waals surface area contributed by atoms with Gasteiger partial charge >= 0.3 is 0 Å². The van der Waals surface area contributed by atoms with Crippen molar-refractivity contribution in [1.82, 2.24) is 14.7 Å². The van der Waals surface area contributed by atoms with E-state index in [4.69, 9.17) is 0 Å². The van der Waals surface area contributed by atoms with Crippen LogP contribution < -0.4 is 0 Å². The summed E-state index contributed by atoms with van der Waals surface area (Å²) in [5.74, 6) is 0.107. The minimum Gasteiger partial charge on any atom is -0.270 e. The lowest BCUT2D eigenvalue weighted by Gasteiger charge is -2.54. The highest BCUT2D eigenvalue weighted by Gasteiger charge is 2.49. The average molecular weight is 280 g/mol. The van der Waals surface area contributed by atoms with Gasteiger partial charge in [-0.05, 0) is 38.5 Å². The van der Waals surface area contributed by atoms with Crippen LogP contribution in [0.1, 0.15) is 38.5 Å². The summed E-state index contributed by atoms with van der Waals surface area (Å²) in [7, 11) is 1.11. The molecule has 0 spiro atoms. The van der Waals surface area contributed by atoms with E-state index >= 15 is 0 Å². The first-order valence-electron chi connectivity index (χ1n) is 8.17. The van der Waals surface area contributed by atoms with E-state index in [2.05, 4.69) is 21.3 Å². The van der Waals surface area contributed by atoms with E-state index in [9.17, 15) is 0 Å². The first-order chi connectivity index (χ1) is 9.26. The number of hydrogen-bond acceptors (Lipinski definition) is 3. The van der Waals surface area contributed by atoms with Crippen LogP contribution in [0.3, 0.4) is 0 Å². The number of hydrogen-bond donors (Lipinski definition) is 0. The molecule has 3 aliphatic heterocycles. The second-order valence-corrected chi connectivity index (χ2v) is 7.71. The quantitative estimate of drug-likeness (QED) is 0.705. The molecule has 0 aromatic carbocycles. The van der Waals surface area contributed by atoms with E-state index in [-0.39, 0.29) is 5.79 Å². The first kappa shape index (κ1) is 13.8. The van der Waals surface area contributed by atoms with Crippen molar-refractivity contribution >= 4 is 10.2 Å². The van der Waals surface area contributed by atoms with Gasteiger partial charge in [0.2, 0.25) is 0 Å². The van der Waals surface area contributed by atoms with Crippen molar-refractivity contribution < 1.29 is 0 Å². The lowest BCUT2D eigenvalue weighted by molar-refractivity contribution is -0.112. The van der Waals surface area contributed by atoms with E-state index in [0.29, 0.717) is 0 Å². The maximum Gasteiger partial charge on any atom is 0.149 e. The lowest BCUT2D eigenvalue weighted by atomic mass is 10.2.